The third-order valence-electron chi connectivity index (χ3n) is 6.50. The summed E-state index contributed by atoms with van der Waals surface area (Å²) >= 11 is 0. The Morgan fingerprint density at radius 3 is 2.40 bits per heavy atom. The van der Waals surface area contributed by atoms with Crippen molar-refractivity contribution in [2.24, 2.45) is 0 Å². The third-order valence-corrected chi connectivity index (χ3v) is 6.50. The fourth-order valence-corrected chi connectivity index (χ4v) is 4.67. The summed E-state index contributed by atoms with van der Waals surface area (Å²) < 4.78 is 52.1. The van der Waals surface area contributed by atoms with Gasteiger partial charge in [-0.15, -0.1) is 10.2 Å². The topological polar surface area (TPSA) is 69.2 Å². The summed E-state index contributed by atoms with van der Waals surface area (Å²) in [5.74, 6) is 2.75. The molecule has 1 N–H and O–H groups in total. The molecule has 5 rings (SSSR count). The smallest absolute Gasteiger partial charge is 0.416 e. The second kappa shape index (κ2) is 8.88. The fourth-order valence-electron chi connectivity index (χ4n) is 4.67. The maximum Gasteiger partial charge on any atom is 0.416 e. The SMILES string of the molecule is COc1cc2nc(C)n3c(C[NH+]4CCN(c5cccc(C(F)(F)F)c5)CC4)nnc3c2cc1OC. The first kappa shape index (κ1) is 23.2. The van der Waals surface area contributed by atoms with Gasteiger partial charge in [0.2, 0.25) is 0 Å². The van der Waals surface area contributed by atoms with Crippen molar-refractivity contribution in [2.75, 3.05) is 45.3 Å². The minimum absolute atomic E-state index is 0.591. The molecule has 0 radical (unpaired) electrons. The van der Waals surface area contributed by atoms with Crippen LogP contribution in [0.15, 0.2) is 36.4 Å². The number of piperazine rings is 1. The largest absolute Gasteiger partial charge is 0.493 e. The lowest BCUT2D eigenvalue weighted by Gasteiger charge is -2.33. The number of methoxy groups -OCH3 is 2. The lowest BCUT2D eigenvalue weighted by atomic mass is 10.1. The lowest BCUT2D eigenvalue weighted by Crippen LogP contribution is -3.13. The normalized spacial score (nSPS) is 15.2. The van der Waals surface area contributed by atoms with Gasteiger partial charge in [0.05, 0.1) is 51.5 Å². The number of anilines is 1. The predicted molar refractivity (Wildman–Crippen MR) is 124 cm³/mol. The van der Waals surface area contributed by atoms with Crippen LogP contribution in [0.3, 0.4) is 0 Å². The zero-order valence-electron chi connectivity index (χ0n) is 19.7. The van der Waals surface area contributed by atoms with E-state index in [1.807, 2.05) is 28.4 Å². The standard InChI is InChI=1S/C24H25F3N6O2/c1-15-28-19-13-21(35-3)20(34-2)12-18(19)23-30-29-22(33(15)23)14-31-7-9-32(10-8-31)17-6-4-5-16(11-17)24(25,26)27/h4-6,11-13H,7-10,14H2,1-3H3/p+1. The summed E-state index contributed by atoms with van der Waals surface area (Å²) in [6.07, 6.45) is -4.34. The Labute approximate surface area is 199 Å². The second-order valence-electron chi connectivity index (χ2n) is 8.62. The summed E-state index contributed by atoms with van der Waals surface area (Å²) in [5, 5.41) is 9.72. The van der Waals surface area contributed by atoms with E-state index in [1.54, 1.807) is 20.3 Å². The summed E-state index contributed by atoms with van der Waals surface area (Å²) in [6.45, 7) is 5.41. The van der Waals surface area contributed by atoms with Crippen molar-refractivity contribution >= 4 is 22.2 Å². The molecule has 35 heavy (non-hydrogen) atoms. The van der Waals surface area contributed by atoms with E-state index in [0.717, 1.165) is 41.7 Å². The average Bonchev–Trinajstić information content (AvgIpc) is 3.28. The molecular weight excluding hydrogens is 461 g/mol. The number of hydrogen-bond donors (Lipinski definition) is 1. The first-order valence-electron chi connectivity index (χ1n) is 11.3. The number of alkyl halides is 3. The van der Waals surface area contributed by atoms with Gasteiger partial charge in [-0.1, -0.05) is 6.07 Å². The minimum Gasteiger partial charge on any atom is -0.493 e. The van der Waals surface area contributed by atoms with Crippen LogP contribution in [0.5, 0.6) is 11.5 Å². The van der Waals surface area contributed by atoms with Crippen molar-refractivity contribution in [3.8, 4) is 11.5 Å². The van der Waals surface area contributed by atoms with Crippen LogP contribution in [0.25, 0.3) is 16.6 Å². The van der Waals surface area contributed by atoms with Gasteiger partial charge >= 0.3 is 6.18 Å². The molecule has 2 aromatic carbocycles. The Morgan fingerprint density at radius 2 is 1.71 bits per heavy atom. The van der Waals surface area contributed by atoms with Crippen LogP contribution in [0.2, 0.25) is 0 Å². The van der Waals surface area contributed by atoms with Crippen molar-refractivity contribution in [3.63, 3.8) is 0 Å². The van der Waals surface area contributed by atoms with Gasteiger partial charge in [-0.25, -0.2) is 4.98 Å². The van der Waals surface area contributed by atoms with Crippen LogP contribution in [-0.4, -0.2) is 60.0 Å². The number of fused-ring (bicyclic) bond motifs is 3. The van der Waals surface area contributed by atoms with Gasteiger partial charge in [0, 0.05) is 17.1 Å². The maximum absolute atomic E-state index is 13.1. The number of rotatable bonds is 5. The number of benzene rings is 2. The van der Waals surface area contributed by atoms with Gasteiger partial charge in [-0.3, -0.25) is 4.40 Å². The summed E-state index contributed by atoms with van der Waals surface area (Å²) in [4.78, 5) is 8.02. The summed E-state index contributed by atoms with van der Waals surface area (Å²) in [6, 6.07) is 9.20. The van der Waals surface area contributed by atoms with E-state index in [9.17, 15) is 13.2 Å². The Kier molecular flexibility index (Phi) is 5.87. The number of quaternary nitrogens is 1. The van der Waals surface area contributed by atoms with E-state index in [-0.39, 0.29) is 0 Å². The van der Waals surface area contributed by atoms with Gasteiger partial charge in [-0.2, -0.15) is 13.2 Å². The maximum atomic E-state index is 13.1. The summed E-state index contributed by atoms with van der Waals surface area (Å²) in [7, 11) is 3.17. The molecule has 8 nitrogen and oxygen atoms in total. The Hall–Kier alpha value is -3.60. The number of halogens is 3. The van der Waals surface area contributed by atoms with Crippen molar-refractivity contribution in [1.29, 1.82) is 0 Å². The monoisotopic (exact) mass is 487 g/mol. The first-order valence-corrected chi connectivity index (χ1v) is 11.3. The van der Waals surface area contributed by atoms with E-state index in [2.05, 4.69) is 10.2 Å². The van der Waals surface area contributed by atoms with Crippen LogP contribution in [0.4, 0.5) is 18.9 Å². The zero-order valence-corrected chi connectivity index (χ0v) is 19.7. The first-order chi connectivity index (χ1) is 16.8. The number of nitrogens with zero attached hydrogens (tertiary/aromatic N) is 5. The summed E-state index contributed by atoms with van der Waals surface area (Å²) in [5.41, 5.74) is 1.42. The zero-order chi connectivity index (χ0) is 24.7. The molecule has 0 unspecified atom stereocenters. The Morgan fingerprint density at radius 1 is 1.00 bits per heavy atom. The van der Waals surface area contributed by atoms with E-state index in [0.29, 0.717) is 42.5 Å². The molecule has 0 amide bonds. The lowest BCUT2D eigenvalue weighted by molar-refractivity contribution is -0.915. The third kappa shape index (κ3) is 4.31. The molecule has 0 atom stereocenters. The molecule has 0 aliphatic carbocycles. The highest BCUT2D eigenvalue weighted by Gasteiger charge is 2.31. The quantitative estimate of drug-likeness (QED) is 0.467. The fraction of sp³-hybridized carbons (Fsp3) is 0.375. The van der Waals surface area contributed by atoms with E-state index >= 15 is 0 Å². The molecule has 3 heterocycles. The molecular formula is C24H26F3N6O2+. The van der Waals surface area contributed by atoms with Crippen molar-refractivity contribution in [2.45, 2.75) is 19.6 Å². The van der Waals surface area contributed by atoms with Gasteiger partial charge in [0.1, 0.15) is 12.4 Å². The van der Waals surface area contributed by atoms with Crippen molar-refractivity contribution < 1.29 is 27.5 Å². The molecule has 0 bridgehead atoms. The molecule has 1 saturated heterocycles. The van der Waals surface area contributed by atoms with Crippen LogP contribution in [0, 0.1) is 6.92 Å². The predicted octanol–water partition coefficient (Wildman–Crippen LogP) is 2.53. The number of aromatic nitrogens is 4. The molecule has 2 aromatic heterocycles. The molecule has 11 heteroatoms. The molecule has 0 spiro atoms. The van der Waals surface area contributed by atoms with E-state index < -0.39 is 11.7 Å². The van der Waals surface area contributed by atoms with Gasteiger partial charge in [-0.05, 0) is 31.2 Å². The van der Waals surface area contributed by atoms with Gasteiger partial charge < -0.3 is 19.3 Å². The number of aryl methyl sites for hydroxylation is 1. The molecule has 1 aliphatic heterocycles. The Bertz CT molecular complexity index is 1380. The second-order valence-corrected chi connectivity index (χ2v) is 8.62. The van der Waals surface area contributed by atoms with Crippen LogP contribution in [-0.2, 0) is 12.7 Å². The van der Waals surface area contributed by atoms with Crippen LogP contribution in [0.1, 0.15) is 17.2 Å². The van der Waals surface area contributed by atoms with E-state index in [4.69, 9.17) is 14.5 Å². The van der Waals surface area contributed by atoms with Gasteiger partial charge in [0.15, 0.2) is 23.0 Å². The molecule has 1 fully saturated rings. The molecule has 4 aromatic rings. The molecule has 1 aliphatic rings. The number of hydrogen-bond acceptors (Lipinski definition) is 6. The Balaban J connectivity index is 1.36. The number of nitrogens with one attached hydrogen (secondary N) is 1. The van der Waals surface area contributed by atoms with Crippen molar-refractivity contribution in [1.82, 2.24) is 19.6 Å². The molecule has 184 valence electrons. The highest BCUT2D eigenvalue weighted by Crippen LogP contribution is 2.33. The molecule has 0 saturated carbocycles. The van der Waals surface area contributed by atoms with Crippen molar-refractivity contribution in [3.05, 3.63) is 53.6 Å². The highest BCUT2D eigenvalue weighted by atomic mass is 19.4. The highest BCUT2D eigenvalue weighted by molar-refractivity contribution is 5.93. The number of ether oxygens (including phenoxy) is 2. The average molecular weight is 488 g/mol. The van der Waals surface area contributed by atoms with Gasteiger partial charge in [0.25, 0.3) is 0 Å². The van der Waals surface area contributed by atoms with Crippen LogP contribution < -0.4 is 19.3 Å². The van der Waals surface area contributed by atoms with Crippen LogP contribution >= 0.6 is 0 Å². The van der Waals surface area contributed by atoms with E-state index in [1.165, 1.54) is 17.0 Å². The minimum atomic E-state index is -4.34.